The number of hydrogen-bond acceptors (Lipinski definition) is 2. The Morgan fingerprint density at radius 3 is 2.74 bits per heavy atom. The molecule has 1 aliphatic heterocycles. The second-order valence-electron chi connectivity index (χ2n) is 5.70. The van der Waals surface area contributed by atoms with Crippen molar-refractivity contribution in [3.05, 3.63) is 12.3 Å². The standard InChI is InChI=1S/C14H20F2N2O/c1-3-10-7-13(19)18(5-4-11(10)17)12-6-9(2)8-14(12,15)16/h4-5,9-10,12,17H,3,6-8H2,1-2H3. The molecule has 1 heterocycles. The second kappa shape index (κ2) is 5.02. The third-order valence-electron chi connectivity index (χ3n) is 4.13. The van der Waals surface area contributed by atoms with Gasteiger partial charge < -0.3 is 10.3 Å². The molecule has 1 amide bonds. The van der Waals surface area contributed by atoms with Gasteiger partial charge in [0.05, 0.1) is 0 Å². The van der Waals surface area contributed by atoms with E-state index in [0.717, 1.165) is 0 Å². The lowest BCUT2D eigenvalue weighted by Gasteiger charge is -2.29. The van der Waals surface area contributed by atoms with E-state index in [0.29, 0.717) is 18.6 Å². The van der Waals surface area contributed by atoms with Gasteiger partial charge in [0.1, 0.15) is 6.04 Å². The van der Waals surface area contributed by atoms with Gasteiger partial charge in [0, 0.05) is 30.7 Å². The Morgan fingerprint density at radius 2 is 2.21 bits per heavy atom. The normalized spacial score (nSPS) is 34.7. The van der Waals surface area contributed by atoms with Crippen LogP contribution in [0.4, 0.5) is 8.78 Å². The van der Waals surface area contributed by atoms with Gasteiger partial charge in [-0.2, -0.15) is 0 Å². The number of nitrogens with one attached hydrogen (secondary N) is 1. The van der Waals surface area contributed by atoms with Gasteiger partial charge >= 0.3 is 0 Å². The lowest BCUT2D eigenvalue weighted by molar-refractivity contribution is -0.138. The quantitative estimate of drug-likeness (QED) is 0.822. The van der Waals surface area contributed by atoms with Gasteiger partial charge in [0.25, 0.3) is 5.92 Å². The largest absolute Gasteiger partial charge is 0.310 e. The molecule has 1 N–H and O–H groups in total. The number of allylic oxidation sites excluding steroid dienone is 1. The van der Waals surface area contributed by atoms with E-state index in [-0.39, 0.29) is 30.6 Å². The third kappa shape index (κ3) is 2.69. The first-order valence-corrected chi connectivity index (χ1v) is 6.80. The first-order chi connectivity index (χ1) is 8.85. The van der Waals surface area contributed by atoms with E-state index < -0.39 is 12.0 Å². The molecule has 0 saturated heterocycles. The molecular formula is C14H20F2N2O. The van der Waals surface area contributed by atoms with Crippen LogP contribution >= 0.6 is 0 Å². The monoisotopic (exact) mass is 270 g/mol. The van der Waals surface area contributed by atoms with E-state index in [1.807, 2.05) is 6.92 Å². The number of carbonyl (C=O) groups excluding carboxylic acids is 1. The lowest BCUT2D eigenvalue weighted by atomic mass is 9.97. The van der Waals surface area contributed by atoms with Gasteiger partial charge in [-0.3, -0.25) is 4.79 Å². The number of halogens is 2. The molecule has 5 heteroatoms. The Kier molecular flexibility index (Phi) is 3.74. The van der Waals surface area contributed by atoms with E-state index in [4.69, 9.17) is 5.41 Å². The molecule has 0 radical (unpaired) electrons. The molecule has 3 nitrogen and oxygen atoms in total. The van der Waals surface area contributed by atoms with Crippen molar-refractivity contribution in [3.8, 4) is 0 Å². The summed E-state index contributed by atoms with van der Waals surface area (Å²) in [4.78, 5) is 13.3. The van der Waals surface area contributed by atoms with E-state index in [9.17, 15) is 13.6 Å². The summed E-state index contributed by atoms with van der Waals surface area (Å²) in [5, 5.41) is 7.82. The summed E-state index contributed by atoms with van der Waals surface area (Å²) in [6.07, 6.45) is 3.88. The minimum absolute atomic E-state index is 0.0779. The summed E-state index contributed by atoms with van der Waals surface area (Å²) in [6.45, 7) is 3.69. The summed E-state index contributed by atoms with van der Waals surface area (Å²) in [5.41, 5.74) is 0.354. The van der Waals surface area contributed by atoms with Crippen LogP contribution in [0.5, 0.6) is 0 Å². The van der Waals surface area contributed by atoms with Crippen molar-refractivity contribution in [1.29, 1.82) is 5.41 Å². The summed E-state index contributed by atoms with van der Waals surface area (Å²) >= 11 is 0. The maximum Gasteiger partial charge on any atom is 0.268 e. The number of carbonyl (C=O) groups is 1. The maximum absolute atomic E-state index is 13.9. The van der Waals surface area contributed by atoms with E-state index in [1.165, 1.54) is 17.2 Å². The fourth-order valence-electron chi connectivity index (χ4n) is 3.00. The van der Waals surface area contributed by atoms with E-state index >= 15 is 0 Å². The van der Waals surface area contributed by atoms with Crippen LogP contribution in [0.25, 0.3) is 0 Å². The molecule has 0 aromatic carbocycles. The minimum Gasteiger partial charge on any atom is -0.310 e. The molecular weight excluding hydrogens is 250 g/mol. The molecule has 1 saturated carbocycles. The van der Waals surface area contributed by atoms with Crippen molar-refractivity contribution < 1.29 is 13.6 Å². The van der Waals surface area contributed by atoms with Gasteiger partial charge in [-0.05, 0) is 24.8 Å². The van der Waals surface area contributed by atoms with Crippen LogP contribution in [-0.2, 0) is 4.79 Å². The van der Waals surface area contributed by atoms with Crippen molar-refractivity contribution in [2.75, 3.05) is 0 Å². The Balaban J connectivity index is 2.23. The zero-order valence-electron chi connectivity index (χ0n) is 11.3. The third-order valence-corrected chi connectivity index (χ3v) is 4.13. The highest BCUT2D eigenvalue weighted by Crippen LogP contribution is 2.42. The highest BCUT2D eigenvalue weighted by molar-refractivity contribution is 5.98. The average molecular weight is 270 g/mol. The molecule has 106 valence electrons. The zero-order chi connectivity index (χ0) is 14.2. The van der Waals surface area contributed by atoms with Crippen molar-refractivity contribution in [3.63, 3.8) is 0 Å². The van der Waals surface area contributed by atoms with E-state index in [1.54, 1.807) is 6.92 Å². The molecule has 19 heavy (non-hydrogen) atoms. The molecule has 1 fully saturated rings. The van der Waals surface area contributed by atoms with Crippen LogP contribution in [0.15, 0.2) is 12.3 Å². The summed E-state index contributed by atoms with van der Waals surface area (Å²) < 4.78 is 27.9. The maximum atomic E-state index is 13.9. The SMILES string of the molecule is CCC1CC(=O)N(C2CC(C)CC2(F)F)C=CC1=N. The fraction of sp³-hybridized carbons (Fsp3) is 0.714. The molecule has 0 bridgehead atoms. The van der Waals surface area contributed by atoms with Crippen molar-refractivity contribution in [2.45, 2.75) is 51.5 Å². The van der Waals surface area contributed by atoms with Gasteiger partial charge in [0.15, 0.2) is 0 Å². The van der Waals surface area contributed by atoms with Gasteiger partial charge in [-0.15, -0.1) is 0 Å². The molecule has 0 aromatic heterocycles. The Bertz CT molecular complexity index is 420. The fourth-order valence-corrected chi connectivity index (χ4v) is 3.00. The van der Waals surface area contributed by atoms with Crippen LogP contribution in [0.1, 0.15) is 39.5 Å². The predicted octanol–water partition coefficient (Wildman–Crippen LogP) is 3.21. The van der Waals surface area contributed by atoms with Gasteiger partial charge in [-0.25, -0.2) is 8.78 Å². The average Bonchev–Trinajstić information content (AvgIpc) is 2.50. The second-order valence-corrected chi connectivity index (χ2v) is 5.70. The number of alkyl halides is 2. The summed E-state index contributed by atoms with van der Waals surface area (Å²) in [5.74, 6) is -3.34. The molecule has 1 aliphatic carbocycles. The van der Waals surface area contributed by atoms with Crippen LogP contribution in [0, 0.1) is 17.2 Å². The van der Waals surface area contributed by atoms with Crippen molar-refractivity contribution in [1.82, 2.24) is 4.90 Å². The van der Waals surface area contributed by atoms with Crippen LogP contribution in [0.3, 0.4) is 0 Å². The number of amides is 1. The summed E-state index contributed by atoms with van der Waals surface area (Å²) in [7, 11) is 0. The highest BCUT2D eigenvalue weighted by Gasteiger charge is 2.51. The Hall–Kier alpha value is -1.26. The van der Waals surface area contributed by atoms with E-state index in [2.05, 4.69) is 0 Å². The first-order valence-electron chi connectivity index (χ1n) is 6.80. The topological polar surface area (TPSA) is 44.2 Å². The van der Waals surface area contributed by atoms with Gasteiger partial charge in [-0.1, -0.05) is 13.8 Å². The van der Waals surface area contributed by atoms with Crippen molar-refractivity contribution in [2.24, 2.45) is 11.8 Å². The van der Waals surface area contributed by atoms with Crippen LogP contribution in [-0.4, -0.2) is 28.5 Å². The molecule has 3 atom stereocenters. The van der Waals surface area contributed by atoms with Crippen LogP contribution < -0.4 is 0 Å². The predicted molar refractivity (Wildman–Crippen MR) is 69.2 cm³/mol. The molecule has 2 rings (SSSR count). The highest BCUT2D eigenvalue weighted by atomic mass is 19.3. The van der Waals surface area contributed by atoms with Crippen LogP contribution in [0.2, 0.25) is 0 Å². The number of hydrogen-bond donors (Lipinski definition) is 1. The molecule has 0 spiro atoms. The minimum atomic E-state index is -2.83. The Morgan fingerprint density at radius 1 is 1.53 bits per heavy atom. The summed E-state index contributed by atoms with van der Waals surface area (Å²) in [6, 6.07) is -1.05. The van der Waals surface area contributed by atoms with Crippen molar-refractivity contribution >= 4 is 11.6 Å². The zero-order valence-corrected chi connectivity index (χ0v) is 11.3. The smallest absolute Gasteiger partial charge is 0.268 e. The number of rotatable bonds is 2. The first kappa shape index (κ1) is 14.2. The Labute approximate surface area is 112 Å². The molecule has 3 unspecified atom stereocenters. The van der Waals surface area contributed by atoms with Gasteiger partial charge in [0.2, 0.25) is 5.91 Å². The number of nitrogens with zero attached hydrogens (tertiary/aromatic N) is 1. The molecule has 0 aromatic rings. The lowest BCUT2D eigenvalue weighted by Crippen LogP contribution is -2.44. The molecule has 2 aliphatic rings.